The summed E-state index contributed by atoms with van der Waals surface area (Å²) in [6, 6.07) is 0. The SMILES string of the molecule is COC(=O)CC[C@@H](C)[C@@H]1CC[C@@H]2[C@@H]3CC[C@@H]4C[C@H](OC(C)=O)CC[C@]4(C)[C@H]3[C@H](Br)C(=O)[C@@]21C. The summed E-state index contributed by atoms with van der Waals surface area (Å²) < 4.78 is 10.4. The van der Waals surface area contributed by atoms with E-state index in [0.29, 0.717) is 47.7 Å². The van der Waals surface area contributed by atoms with Crippen molar-refractivity contribution < 1.29 is 23.9 Å². The molecule has 0 bridgehead atoms. The van der Waals surface area contributed by atoms with Gasteiger partial charge in [0.1, 0.15) is 6.10 Å². The number of methoxy groups -OCH3 is 1. The van der Waals surface area contributed by atoms with Gasteiger partial charge in [0.15, 0.2) is 5.78 Å². The van der Waals surface area contributed by atoms with Gasteiger partial charge >= 0.3 is 11.9 Å². The zero-order chi connectivity index (χ0) is 24.1. The van der Waals surface area contributed by atoms with Crippen LogP contribution in [0.1, 0.15) is 85.5 Å². The molecular formula is C27H41BrO5. The Balaban J connectivity index is 1.55. The third-order valence-corrected chi connectivity index (χ3v) is 11.5. The van der Waals surface area contributed by atoms with Crippen LogP contribution in [-0.2, 0) is 23.9 Å². The Bertz CT molecular complexity index is 797. The summed E-state index contributed by atoms with van der Waals surface area (Å²) >= 11 is 3.96. The lowest BCUT2D eigenvalue weighted by Crippen LogP contribution is -2.62. The second kappa shape index (κ2) is 9.28. The van der Waals surface area contributed by atoms with Crippen LogP contribution in [0.2, 0.25) is 0 Å². The van der Waals surface area contributed by atoms with Crippen LogP contribution in [0, 0.1) is 46.3 Å². The highest BCUT2D eigenvalue weighted by Gasteiger charge is 2.66. The lowest BCUT2D eigenvalue weighted by atomic mass is 9.44. The number of alkyl halides is 1. The third kappa shape index (κ3) is 4.10. The number of fused-ring (bicyclic) bond motifs is 5. The second-order valence-electron chi connectivity index (χ2n) is 11.9. The van der Waals surface area contributed by atoms with E-state index >= 15 is 0 Å². The van der Waals surface area contributed by atoms with Crippen molar-refractivity contribution in [2.45, 2.75) is 96.4 Å². The van der Waals surface area contributed by atoms with Crippen molar-refractivity contribution in [1.82, 2.24) is 0 Å². The molecule has 4 saturated carbocycles. The van der Waals surface area contributed by atoms with Crippen molar-refractivity contribution >= 4 is 33.7 Å². The van der Waals surface area contributed by atoms with E-state index < -0.39 is 0 Å². The summed E-state index contributed by atoms with van der Waals surface area (Å²) in [5, 5.41) is 0. The van der Waals surface area contributed by atoms with Crippen LogP contribution >= 0.6 is 15.9 Å². The number of esters is 2. The minimum atomic E-state index is -0.316. The molecule has 0 spiro atoms. The van der Waals surface area contributed by atoms with Crippen molar-refractivity contribution in [3.05, 3.63) is 0 Å². The molecular weight excluding hydrogens is 484 g/mol. The normalized spacial score (nSPS) is 45.4. The molecule has 4 aliphatic carbocycles. The molecule has 0 N–H and O–H groups in total. The van der Waals surface area contributed by atoms with Gasteiger partial charge in [-0.1, -0.05) is 36.7 Å². The first-order valence-corrected chi connectivity index (χ1v) is 13.9. The summed E-state index contributed by atoms with van der Waals surface area (Å²) in [5.74, 6) is 2.54. The molecule has 0 heterocycles. The van der Waals surface area contributed by atoms with E-state index in [2.05, 4.69) is 36.7 Å². The molecule has 6 heteroatoms. The fourth-order valence-corrected chi connectivity index (χ4v) is 10.4. The fraction of sp³-hybridized carbons (Fsp3) is 0.889. The number of carbonyl (C=O) groups excluding carboxylic acids is 3. The number of halogens is 1. The van der Waals surface area contributed by atoms with Gasteiger partial charge in [-0.3, -0.25) is 14.4 Å². The van der Waals surface area contributed by atoms with Gasteiger partial charge in [-0.2, -0.15) is 0 Å². The van der Waals surface area contributed by atoms with Crippen LogP contribution in [-0.4, -0.2) is 35.8 Å². The molecule has 10 atom stereocenters. The predicted octanol–water partition coefficient (Wildman–Crippen LogP) is 5.72. The highest BCUT2D eigenvalue weighted by Crippen LogP contribution is 2.68. The first-order valence-electron chi connectivity index (χ1n) is 13.0. The van der Waals surface area contributed by atoms with Gasteiger partial charge in [-0.15, -0.1) is 0 Å². The zero-order valence-corrected chi connectivity index (χ0v) is 22.5. The number of Topliss-reactive ketones (excluding diaryl/α,β-unsaturated/α-hetero) is 1. The van der Waals surface area contributed by atoms with E-state index in [1.54, 1.807) is 0 Å². The van der Waals surface area contributed by atoms with Gasteiger partial charge < -0.3 is 9.47 Å². The van der Waals surface area contributed by atoms with Gasteiger partial charge in [0.05, 0.1) is 11.9 Å². The maximum atomic E-state index is 14.1. The molecule has 4 fully saturated rings. The third-order valence-electron chi connectivity index (χ3n) is 10.5. The van der Waals surface area contributed by atoms with E-state index in [1.807, 2.05) is 0 Å². The van der Waals surface area contributed by atoms with E-state index in [0.717, 1.165) is 44.9 Å². The number of ether oxygens (including phenoxy) is 2. The Kier molecular flexibility index (Phi) is 7.08. The molecule has 0 amide bonds. The van der Waals surface area contributed by atoms with Crippen molar-refractivity contribution in [3.63, 3.8) is 0 Å². The van der Waals surface area contributed by atoms with Crippen molar-refractivity contribution in [3.8, 4) is 0 Å². The van der Waals surface area contributed by atoms with Crippen LogP contribution in [0.3, 0.4) is 0 Å². The van der Waals surface area contributed by atoms with E-state index in [-0.39, 0.29) is 33.7 Å². The molecule has 0 aromatic heterocycles. The van der Waals surface area contributed by atoms with E-state index in [1.165, 1.54) is 20.5 Å². The monoisotopic (exact) mass is 524 g/mol. The molecule has 186 valence electrons. The molecule has 0 unspecified atom stereocenters. The summed E-state index contributed by atoms with van der Waals surface area (Å²) in [6.07, 6.45) is 8.62. The largest absolute Gasteiger partial charge is 0.469 e. The van der Waals surface area contributed by atoms with Crippen molar-refractivity contribution in [1.29, 1.82) is 0 Å². The second-order valence-corrected chi connectivity index (χ2v) is 12.9. The Labute approximate surface area is 207 Å². The zero-order valence-electron chi connectivity index (χ0n) is 20.9. The number of hydrogen-bond acceptors (Lipinski definition) is 5. The topological polar surface area (TPSA) is 69.7 Å². The Hall–Kier alpha value is -0.910. The Morgan fingerprint density at radius 3 is 2.55 bits per heavy atom. The summed E-state index contributed by atoms with van der Waals surface area (Å²) in [5.41, 5.74) is -0.206. The average Bonchev–Trinajstić information content (AvgIpc) is 3.13. The van der Waals surface area contributed by atoms with Gasteiger partial charge in [0, 0.05) is 18.8 Å². The summed E-state index contributed by atoms with van der Waals surface area (Å²) in [6.45, 7) is 8.37. The van der Waals surface area contributed by atoms with E-state index in [9.17, 15) is 14.4 Å². The highest BCUT2D eigenvalue weighted by atomic mass is 79.9. The van der Waals surface area contributed by atoms with Crippen LogP contribution in [0.5, 0.6) is 0 Å². The minimum absolute atomic E-state index is 0.0296. The van der Waals surface area contributed by atoms with Crippen LogP contribution in [0.4, 0.5) is 0 Å². The molecule has 33 heavy (non-hydrogen) atoms. The quantitative estimate of drug-likeness (QED) is 0.339. The number of hydrogen-bond donors (Lipinski definition) is 0. The van der Waals surface area contributed by atoms with Crippen LogP contribution < -0.4 is 0 Å². The molecule has 4 rings (SSSR count). The maximum absolute atomic E-state index is 14.1. The summed E-state index contributed by atoms with van der Waals surface area (Å²) in [7, 11) is 1.44. The molecule has 5 nitrogen and oxygen atoms in total. The fourth-order valence-electron chi connectivity index (χ4n) is 8.92. The minimum Gasteiger partial charge on any atom is -0.469 e. The highest BCUT2D eigenvalue weighted by molar-refractivity contribution is 9.10. The summed E-state index contributed by atoms with van der Waals surface area (Å²) in [4.78, 5) is 37.2. The van der Waals surface area contributed by atoms with Gasteiger partial charge in [0.2, 0.25) is 0 Å². The predicted molar refractivity (Wildman–Crippen MR) is 130 cm³/mol. The molecule has 0 saturated heterocycles. The van der Waals surface area contributed by atoms with Gasteiger partial charge in [-0.25, -0.2) is 0 Å². The van der Waals surface area contributed by atoms with Gasteiger partial charge in [0.25, 0.3) is 0 Å². The number of ketones is 1. The van der Waals surface area contributed by atoms with E-state index in [4.69, 9.17) is 9.47 Å². The van der Waals surface area contributed by atoms with Crippen molar-refractivity contribution in [2.24, 2.45) is 46.3 Å². The smallest absolute Gasteiger partial charge is 0.305 e. The lowest BCUT2D eigenvalue weighted by molar-refractivity contribution is -0.165. The Morgan fingerprint density at radius 1 is 1.15 bits per heavy atom. The Morgan fingerprint density at radius 2 is 1.88 bits per heavy atom. The van der Waals surface area contributed by atoms with Crippen molar-refractivity contribution in [2.75, 3.05) is 7.11 Å². The molecule has 4 aliphatic rings. The van der Waals surface area contributed by atoms with Gasteiger partial charge in [-0.05, 0) is 92.3 Å². The first-order chi connectivity index (χ1) is 15.5. The lowest BCUT2D eigenvalue weighted by Gasteiger charge is -2.62. The molecule has 0 aromatic rings. The number of carbonyl (C=O) groups is 3. The molecule has 0 aromatic carbocycles. The van der Waals surface area contributed by atoms with Crippen LogP contribution in [0.15, 0.2) is 0 Å². The number of rotatable bonds is 5. The average molecular weight is 526 g/mol. The first kappa shape index (κ1) is 25.2. The standard InChI is InChI=1S/C27H41BrO5/c1-15(6-11-22(30)32-5)20-9-10-21-19-8-7-17-14-18(33-16(2)29)12-13-26(17,3)23(19)24(28)25(31)27(20,21)4/h15,17-21,23-24H,6-14H2,1-5H3/t15-,17-,18-,19+,20+,21-,23-,24+,26+,27-/m1/s1. The maximum Gasteiger partial charge on any atom is 0.305 e. The molecule has 0 aliphatic heterocycles. The van der Waals surface area contributed by atoms with Crippen LogP contribution in [0.25, 0.3) is 0 Å². The molecule has 0 radical (unpaired) electrons.